The predicted molar refractivity (Wildman–Crippen MR) is 120 cm³/mol. The van der Waals surface area contributed by atoms with Crippen LogP contribution in [-0.2, 0) is 4.79 Å². The van der Waals surface area contributed by atoms with Crippen LogP contribution in [0.5, 0.6) is 0 Å². The van der Waals surface area contributed by atoms with E-state index in [1.807, 2.05) is 25.1 Å². The SMILES string of the molecule is CCN1c2cc(C)c(/C=C(\C#N)C(=O)Nc3ccccc3)cc2C(C)CC1(C)C. The quantitative estimate of drug-likeness (QED) is 0.544. The number of hydrogen-bond acceptors (Lipinski definition) is 3. The highest BCUT2D eigenvalue weighted by molar-refractivity contribution is 6.09. The number of para-hydroxylation sites is 1. The molecule has 1 N–H and O–H groups in total. The lowest BCUT2D eigenvalue weighted by molar-refractivity contribution is -0.112. The minimum atomic E-state index is -0.389. The number of nitriles is 1. The molecule has 1 amide bonds. The Morgan fingerprint density at radius 1 is 1.31 bits per heavy atom. The van der Waals surface area contributed by atoms with E-state index in [0.717, 1.165) is 24.1 Å². The summed E-state index contributed by atoms with van der Waals surface area (Å²) < 4.78 is 0. The van der Waals surface area contributed by atoms with Crippen molar-refractivity contribution in [2.75, 3.05) is 16.8 Å². The van der Waals surface area contributed by atoms with E-state index in [9.17, 15) is 10.1 Å². The van der Waals surface area contributed by atoms with Gasteiger partial charge < -0.3 is 10.2 Å². The Balaban J connectivity index is 1.98. The number of carbonyl (C=O) groups is 1. The maximum atomic E-state index is 12.6. The number of hydrogen-bond donors (Lipinski definition) is 1. The van der Waals surface area contributed by atoms with Crippen LogP contribution in [0, 0.1) is 18.3 Å². The van der Waals surface area contributed by atoms with E-state index < -0.39 is 0 Å². The number of nitrogens with zero attached hydrogens (tertiary/aromatic N) is 2. The fraction of sp³-hybridized carbons (Fsp3) is 0.360. The zero-order valence-corrected chi connectivity index (χ0v) is 17.9. The third-order valence-corrected chi connectivity index (χ3v) is 5.79. The van der Waals surface area contributed by atoms with Gasteiger partial charge in [0.2, 0.25) is 0 Å². The third kappa shape index (κ3) is 4.19. The molecule has 1 aliphatic heterocycles. The first-order chi connectivity index (χ1) is 13.8. The van der Waals surface area contributed by atoms with E-state index in [1.54, 1.807) is 18.2 Å². The van der Waals surface area contributed by atoms with Gasteiger partial charge in [-0.3, -0.25) is 4.79 Å². The normalized spacial score (nSPS) is 18.0. The molecule has 150 valence electrons. The van der Waals surface area contributed by atoms with E-state index in [2.05, 4.69) is 56.1 Å². The Bertz CT molecular complexity index is 983. The average Bonchev–Trinajstić information content (AvgIpc) is 2.67. The second kappa shape index (κ2) is 8.13. The van der Waals surface area contributed by atoms with E-state index in [0.29, 0.717) is 11.6 Å². The van der Waals surface area contributed by atoms with Gasteiger partial charge in [-0.2, -0.15) is 5.26 Å². The molecule has 1 heterocycles. The summed E-state index contributed by atoms with van der Waals surface area (Å²) in [5.41, 5.74) is 5.42. The van der Waals surface area contributed by atoms with Gasteiger partial charge >= 0.3 is 0 Å². The van der Waals surface area contributed by atoms with Crippen LogP contribution >= 0.6 is 0 Å². The molecule has 0 saturated heterocycles. The molecule has 1 aliphatic rings. The number of fused-ring (bicyclic) bond motifs is 1. The molecule has 2 aromatic carbocycles. The highest BCUT2D eigenvalue weighted by Crippen LogP contribution is 2.44. The zero-order chi connectivity index (χ0) is 21.2. The van der Waals surface area contributed by atoms with E-state index >= 15 is 0 Å². The first kappa shape index (κ1) is 20.7. The second-order valence-electron chi connectivity index (χ2n) is 8.42. The molecule has 0 aliphatic carbocycles. The van der Waals surface area contributed by atoms with Crippen molar-refractivity contribution >= 4 is 23.4 Å². The molecule has 0 fully saturated rings. The van der Waals surface area contributed by atoms with Gasteiger partial charge in [0.25, 0.3) is 5.91 Å². The van der Waals surface area contributed by atoms with Crippen LogP contribution < -0.4 is 10.2 Å². The molecule has 3 rings (SSSR count). The molecule has 4 nitrogen and oxygen atoms in total. The van der Waals surface area contributed by atoms with E-state index in [-0.39, 0.29) is 17.0 Å². The summed E-state index contributed by atoms with van der Waals surface area (Å²) in [4.78, 5) is 15.0. The van der Waals surface area contributed by atoms with Crippen LogP contribution in [0.2, 0.25) is 0 Å². The fourth-order valence-corrected chi connectivity index (χ4v) is 4.43. The van der Waals surface area contributed by atoms with Gasteiger partial charge in [0, 0.05) is 23.5 Å². The van der Waals surface area contributed by atoms with Crippen molar-refractivity contribution in [3.63, 3.8) is 0 Å². The summed E-state index contributed by atoms with van der Waals surface area (Å²) >= 11 is 0. The molecular weight excluding hydrogens is 358 g/mol. The van der Waals surface area contributed by atoms with Crippen molar-refractivity contribution in [2.24, 2.45) is 0 Å². The molecule has 0 spiro atoms. The number of rotatable bonds is 4. The van der Waals surface area contributed by atoms with Crippen molar-refractivity contribution in [2.45, 2.75) is 52.5 Å². The maximum absolute atomic E-state index is 12.6. The van der Waals surface area contributed by atoms with Crippen molar-refractivity contribution in [3.05, 3.63) is 64.7 Å². The van der Waals surface area contributed by atoms with Gasteiger partial charge in [-0.15, -0.1) is 0 Å². The van der Waals surface area contributed by atoms with E-state index in [1.165, 1.54) is 11.3 Å². The summed E-state index contributed by atoms with van der Waals surface area (Å²) in [6, 6.07) is 15.6. The molecule has 0 bridgehead atoms. The summed E-state index contributed by atoms with van der Waals surface area (Å²) in [5.74, 6) is 0.0272. The first-order valence-electron chi connectivity index (χ1n) is 10.2. The van der Waals surface area contributed by atoms with Crippen LogP contribution in [-0.4, -0.2) is 18.0 Å². The number of nitrogens with one attached hydrogen (secondary N) is 1. The zero-order valence-electron chi connectivity index (χ0n) is 17.9. The highest BCUT2D eigenvalue weighted by atomic mass is 16.1. The molecule has 1 unspecified atom stereocenters. The Kier molecular flexibility index (Phi) is 5.79. The Morgan fingerprint density at radius 3 is 2.62 bits per heavy atom. The average molecular weight is 388 g/mol. The topological polar surface area (TPSA) is 56.1 Å². The monoisotopic (exact) mass is 387 g/mol. The summed E-state index contributed by atoms with van der Waals surface area (Å²) in [6.07, 6.45) is 2.77. The third-order valence-electron chi connectivity index (χ3n) is 5.79. The van der Waals surface area contributed by atoms with Crippen LogP contribution in [0.1, 0.15) is 56.7 Å². The fourth-order valence-electron chi connectivity index (χ4n) is 4.43. The predicted octanol–water partition coefficient (Wildman–Crippen LogP) is 5.65. The molecule has 4 heteroatoms. The summed E-state index contributed by atoms with van der Waals surface area (Å²) in [5, 5.41) is 12.4. The second-order valence-corrected chi connectivity index (χ2v) is 8.42. The maximum Gasteiger partial charge on any atom is 0.266 e. The standard InChI is InChI=1S/C25H29N3O/c1-6-28-23-12-17(2)19(14-22(23)18(3)15-25(28,4)5)13-20(16-26)24(29)27-21-10-8-7-9-11-21/h7-14,18H,6,15H2,1-5H3,(H,27,29)/b20-13+. The molecule has 2 aromatic rings. The van der Waals surface area contributed by atoms with Crippen molar-refractivity contribution in [3.8, 4) is 6.07 Å². The molecule has 1 atom stereocenters. The minimum Gasteiger partial charge on any atom is -0.366 e. The minimum absolute atomic E-state index is 0.105. The number of anilines is 2. The lowest BCUT2D eigenvalue weighted by Crippen LogP contribution is -2.48. The summed E-state index contributed by atoms with van der Waals surface area (Å²) in [7, 11) is 0. The van der Waals surface area contributed by atoms with Crippen LogP contribution in [0.15, 0.2) is 48.0 Å². The van der Waals surface area contributed by atoms with Gasteiger partial charge in [-0.05, 0) is 87.1 Å². The van der Waals surface area contributed by atoms with E-state index in [4.69, 9.17) is 0 Å². The molecule has 0 aromatic heterocycles. The Morgan fingerprint density at radius 2 is 2.00 bits per heavy atom. The Labute approximate surface area is 173 Å². The van der Waals surface area contributed by atoms with Gasteiger partial charge in [0.1, 0.15) is 11.6 Å². The molecule has 0 radical (unpaired) electrons. The molecule has 29 heavy (non-hydrogen) atoms. The Hall–Kier alpha value is -3.06. The van der Waals surface area contributed by atoms with Crippen LogP contribution in [0.25, 0.3) is 6.08 Å². The lowest BCUT2D eigenvalue weighted by atomic mass is 9.79. The first-order valence-corrected chi connectivity index (χ1v) is 10.2. The largest absolute Gasteiger partial charge is 0.366 e. The van der Waals surface area contributed by atoms with Crippen molar-refractivity contribution < 1.29 is 4.79 Å². The number of benzene rings is 2. The number of amides is 1. The van der Waals surface area contributed by atoms with Crippen LogP contribution in [0.3, 0.4) is 0 Å². The highest BCUT2D eigenvalue weighted by Gasteiger charge is 2.35. The summed E-state index contributed by atoms with van der Waals surface area (Å²) in [6.45, 7) is 12.0. The van der Waals surface area contributed by atoms with Gasteiger partial charge in [-0.25, -0.2) is 0 Å². The van der Waals surface area contributed by atoms with Gasteiger partial charge in [0.15, 0.2) is 0 Å². The van der Waals surface area contributed by atoms with Crippen molar-refractivity contribution in [1.82, 2.24) is 0 Å². The van der Waals surface area contributed by atoms with Crippen LogP contribution in [0.4, 0.5) is 11.4 Å². The number of carbonyl (C=O) groups excluding carboxylic acids is 1. The smallest absolute Gasteiger partial charge is 0.266 e. The van der Waals surface area contributed by atoms with Gasteiger partial charge in [-0.1, -0.05) is 25.1 Å². The van der Waals surface area contributed by atoms with Gasteiger partial charge in [0.05, 0.1) is 0 Å². The van der Waals surface area contributed by atoms with Crippen molar-refractivity contribution in [1.29, 1.82) is 5.26 Å². The number of aryl methyl sites for hydroxylation is 1. The molecular formula is C25H29N3O. The lowest BCUT2D eigenvalue weighted by Gasteiger charge is -2.47. The molecule has 0 saturated carbocycles.